The number of hydrogen-bond acceptors (Lipinski definition) is 3. The standard InChI is InChI=1S/C23H43N3/c1-2-3-4-5-6-7-8-9-10-11-12-16-20-25-26(21-19-24)22-23-17-14-13-15-18-23/h13-15,17-18,25H,2-12,16,19-22,24H2,1H3. The van der Waals surface area contributed by atoms with Crippen LogP contribution in [0.1, 0.15) is 89.5 Å². The van der Waals surface area contributed by atoms with E-state index in [9.17, 15) is 0 Å². The minimum absolute atomic E-state index is 0.693. The molecule has 0 heterocycles. The van der Waals surface area contributed by atoms with E-state index in [1.807, 2.05) is 0 Å². The molecule has 3 N–H and O–H groups in total. The number of rotatable bonds is 18. The maximum atomic E-state index is 5.75. The highest BCUT2D eigenvalue weighted by molar-refractivity contribution is 5.14. The summed E-state index contributed by atoms with van der Waals surface area (Å²) in [5.41, 5.74) is 10.6. The summed E-state index contributed by atoms with van der Waals surface area (Å²) >= 11 is 0. The van der Waals surface area contributed by atoms with Gasteiger partial charge in [0.2, 0.25) is 0 Å². The fourth-order valence-electron chi connectivity index (χ4n) is 3.38. The van der Waals surface area contributed by atoms with Gasteiger partial charge in [0, 0.05) is 26.2 Å². The molecule has 0 aromatic heterocycles. The van der Waals surface area contributed by atoms with Gasteiger partial charge in [-0.25, -0.2) is 5.01 Å². The van der Waals surface area contributed by atoms with E-state index in [-0.39, 0.29) is 0 Å². The molecule has 0 fully saturated rings. The maximum absolute atomic E-state index is 5.75. The highest BCUT2D eigenvalue weighted by atomic mass is 15.5. The average Bonchev–Trinajstić information content (AvgIpc) is 2.66. The van der Waals surface area contributed by atoms with E-state index >= 15 is 0 Å². The van der Waals surface area contributed by atoms with Crippen molar-refractivity contribution >= 4 is 0 Å². The Hall–Kier alpha value is -0.900. The zero-order valence-electron chi connectivity index (χ0n) is 17.2. The minimum atomic E-state index is 0.693. The second-order valence-electron chi connectivity index (χ2n) is 7.49. The molecule has 1 rings (SSSR count). The molecule has 0 saturated heterocycles. The molecule has 0 unspecified atom stereocenters. The van der Waals surface area contributed by atoms with Crippen LogP contribution in [0.15, 0.2) is 30.3 Å². The topological polar surface area (TPSA) is 41.3 Å². The number of benzene rings is 1. The maximum Gasteiger partial charge on any atom is 0.0382 e. The fraction of sp³-hybridized carbons (Fsp3) is 0.739. The molecule has 0 aliphatic rings. The summed E-state index contributed by atoms with van der Waals surface area (Å²) in [7, 11) is 0. The van der Waals surface area contributed by atoms with Gasteiger partial charge in [0.25, 0.3) is 0 Å². The first-order valence-corrected chi connectivity index (χ1v) is 11.1. The van der Waals surface area contributed by atoms with Gasteiger partial charge in [-0.3, -0.25) is 5.43 Å². The summed E-state index contributed by atoms with van der Waals surface area (Å²) < 4.78 is 0. The Balaban J connectivity index is 1.93. The third-order valence-corrected chi connectivity index (χ3v) is 4.98. The Morgan fingerprint density at radius 2 is 1.31 bits per heavy atom. The molecule has 1 aromatic rings. The molecule has 0 aliphatic carbocycles. The van der Waals surface area contributed by atoms with Crippen LogP contribution >= 0.6 is 0 Å². The van der Waals surface area contributed by atoms with Crippen LogP contribution in [-0.4, -0.2) is 24.6 Å². The van der Waals surface area contributed by atoms with Gasteiger partial charge in [-0.05, 0) is 12.0 Å². The third-order valence-electron chi connectivity index (χ3n) is 4.98. The second-order valence-corrected chi connectivity index (χ2v) is 7.49. The van der Waals surface area contributed by atoms with Crippen molar-refractivity contribution in [2.75, 3.05) is 19.6 Å². The molecule has 0 atom stereocenters. The predicted octanol–water partition coefficient (Wildman–Crippen LogP) is 5.65. The van der Waals surface area contributed by atoms with E-state index < -0.39 is 0 Å². The summed E-state index contributed by atoms with van der Waals surface area (Å²) in [6, 6.07) is 10.6. The number of nitrogens with zero attached hydrogens (tertiary/aromatic N) is 1. The van der Waals surface area contributed by atoms with Gasteiger partial charge in [0.15, 0.2) is 0 Å². The Kier molecular flexibility index (Phi) is 15.6. The summed E-state index contributed by atoms with van der Waals surface area (Å²) in [4.78, 5) is 0. The molecule has 0 spiro atoms. The third kappa shape index (κ3) is 13.3. The fourth-order valence-corrected chi connectivity index (χ4v) is 3.38. The first-order valence-electron chi connectivity index (χ1n) is 11.1. The summed E-state index contributed by atoms with van der Waals surface area (Å²) in [5, 5.41) is 2.26. The van der Waals surface area contributed by atoms with Crippen LogP contribution in [0.5, 0.6) is 0 Å². The van der Waals surface area contributed by atoms with Crippen LogP contribution in [0, 0.1) is 0 Å². The van der Waals surface area contributed by atoms with Gasteiger partial charge in [0.1, 0.15) is 0 Å². The molecular weight excluding hydrogens is 318 g/mol. The van der Waals surface area contributed by atoms with Gasteiger partial charge in [-0.1, -0.05) is 108 Å². The van der Waals surface area contributed by atoms with E-state index in [1.165, 1.54) is 82.6 Å². The van der Waals surface area contributed by atoms with Crippen molar-refractivity contribution in [3.63, 3.8) is 0 Å². The molecule has 26 heavy (non-hydrogen) atoms. The van der Waals surface area contributed by atoms with E-state index in [0.717, 1.165) is 19.6 Å². The van der Waals surface area contributed by atoms with Crippen molar-refractivity contribution in [2.45, 2.75) is 90.5 Å². The summed E-state index contributed by atoms with van der Waals surface area (Å²) in [5.74, 6) is 0. The van der Waals surface area contributed by atoms with Crippen molar-refractivity contribution in [1.29, 1.82) is 0 Å². The number of hydrazine groups is 1. The number of nitrogens with two attached hydrogens (primary N) is 1. The smallest absolute Gasteiger partial charge is 0.0382 e. The Morgan fingerprint density at radius 1 is 0.769 bits per heavy atom. The predicted molar refractivity (Wildman–Crippen MR) is 115 cm³/mol. The SMILES string of the molecule is CCCCCCCCCCCCCCNN(CCN)Cc1ccccc1. The molecule has 3 heteroatoms. The van der Waals surface area contributed by atoms with Crippen molar-refractivity contribution in [1.82, 2.24) is 10.4 Å². The first-order chi connectivity index (χ1) is 12.9. The zero-order valence-corrected chi connectivity index (χ0v) is 17.2. The molecule has 0 bridgehead atoms. The van der Waals surface area contributed by atoms with Gasteiger partial charge in [0.05, 0.1) is 0 Å². The highest BCUT2D eigenvalue weighted by Crippen LogP contribution is 2.11. The van der Waals surface area contributed by atoms with Crippen LogP contribution < -0.4 is 11.2 Å². The monoisotopic (exact) mass is 361 g/mol. The lowest BCUT2D eigenvalue weighted by atomic mass is 10.1. The average molecular weight is 362 g/mol. The molecular formula is C23H43N3. The first kappa shape index (κ1) is 23.1. The van der Waals surface area contributed by atoms with Crippen LogP contribution in [0.25, 0.3) is 0 Å². The van der Waals surface area contributed by atoms with Gasteiger partial charge in [-0.2, -0.15) is 0 Å². The molecule has 3 nitrogen and oxygen atoms in total. The lowest BCUT2D eigenvalue weighted by Gasteiger charge is -2.22. The normalized spacial score (nSPS) is 11.3. The van der Waals surface area contributed by atoms with E-state index in [0.29, 0.717) is 6.54 Å². The van der Waals surface area contributed by atoms with E-state index in [4.69, 9.17) is 5.73 Å². The Morgan fingerprint density at radius 3 is 1.85 bits per heavy atom. The summed E-state index contributed by atoms with van der Waals surface area (Å²) in [6.07, 6.45) is 16.8. The molecule has 0 saturated carbocycles. The molecule has 1 aromatic carbocycles. The van der Waals surface area contributed by atoms with Gasteiger partial charge in [-0.15, -0.1) is 0 Å². The van der Waals surface area contributed by atoms with Gasteiger partial charge >= 0.3 is 0 Å². The number of hydrogen-bond donors (Lipinski definition) is 2. The van der Waals surface area contributed by atoms with Crippen molar-refractivity contribution in [3.05, 3.63) is 35.9 Å². The van der Waals surface area contributed by atoms with E-state index in [1.54, 1.807) is 0 Å². The lowest BCUT2D eigenvalue weighted by molar-refractivity contribution is 0.182. The van der Waals surface area contributed by atoms with Crippen LogP contribution in [-0.2, 0) is 6.54 Å². The van der Waals surface area contributed by atoms with Crippen molar-refractivity contribution < 1.29 is 0 Å². The molecule has 0 amide bonds. The largest absolute Gasteiger partial charge is 0.329 e. The zero-order chi connectivity index (χ0) is 18.7. The highest BCUT2D eigenvalue weighted by Gasteiger charge is 2.03. The van der Waals surface area contributed by atoms with Crippen LogP contribution in [0.2, 0.25) is 0 Å². The quantitative estimate of drug-likeness (QED) is 0.262. The molecule has 0 aliphatic heterocycles. The molecule has 0 radical (unpaired) electrons. The number of nitrogens with one attached hydrogen (secondary N) is 1. The number of unbranched alkanes of at least 4 members (excludes halogenated alkanes) is 11. The second kappa shape index (κ2) is 17.5. The van der Waals surface area contributed by atoms with E-state index in [2.05, 4.69) is 47.7 Å². The summed E-state index contributed by atoms with van der Waals surface area (Å²) in [6.45, 7) is 5.86. The van der Waals surface area contributed by atoms with Gasteiger partial charge < -0.3 is 5.73 Å². The Labute approximate surface area is 162 Å². The van der Waals surface area contributed by atoms with Crippen LogP contribution in [0.4, 0.5) is 0 Å². The Bertz CT molecular complexity index is 394. The minimum Gasteiger partial charge on any atom is -0.329 e. The lowest BCUT2D eigenvalue weighted by Crippen LogP contribution is -2.41. The van der Waals surface area contributed by atoms with Crippen molar-refractivity contribution in [2.24, 2.45) is 5.73 Å². The van der Waals surface area contributed by atoms with Crippen molar-refractivity contribution in [3.8, 4) is 0 Å². The van der Waals surface area contributed by atoms with Crippen LogP contribution in [0.3, 0.4) is 0 Å². The molecule has 150 valence electrons.